The van der Waals surface area contributed by atoms with E-state index in [9.17, 15) is 14.0 Å². The number of nitrogens with zero attached hydrogens (tertiary/aromatic N) is 7. The van der Waals surface area contributed by atoms with E-state index in [0.717, 1.165) is 67.3 Å². The summed E-state index contributed by atoms with van der Waals surface area (Å²) in [5.41, 5.74) is 2.63. The Morgan fingerprint density at radius 3 is 2.54 bits per heavy atom. The third-order valence-electron chi connectivity index (χ3n) is 8.14. The van der Waals surface area contributed by atoms with Gasteiger partial charge in [-0.05, 0) is 50.8 Å². The molecule has 2 saturated heterocycles. The van der Waals surface area contributed by atoms with Crippen LogP contribution in [-0.4, -0.2) is 89.6 Å². The number of piperidine rings is 1. The van der Waals surface area contributed by atoms with Crippen molar-refractivity contribution in [3.8, 4) is 5.75 Å². The molecule has 6 rings (SSSR count). The summed E-state index contributed by atoms with van der Waals surface area (Å²) < 4.78 is 22.0. The van der Waals surface area contributed by atoms with E-state index >= 15 is 0 Å². The van der Waals surface area contributed by atoms with Crippen molar-refractivity contribution in [3.05, 3.63) is 46.9 Å². The molecule has 0 aliphatic carbocycles. The quantitative estimate of drug-likeness (QED) is 0.474. The number of rotatable bonds is 1. The molecule has 3 aliphatic heterocycles. The van der Waals surface area contributed by atoms with Crippen LogP contribution in [0.2, 0.25) is 0 Å². The first kappa shape index (κ1) is 25.4. The van der Waals surface area contributed by atoms with E-state index in [-0.39, 0.29) is 35.8 Å². The summed E-state index contributed by atoms with van der Waals surface area (Å²) in [6.07, 6.45) is 3.68. The molecular weight excluding hydrogens is 501 g/mol. The summed E-state index contributed by atoms with van der Waals surface area (Å²) in [4.78, 5) is 39.6. The van der Waals surface area contributed by atoms with E-state index in [1.165, 1.54) is 18.2 Å². The van der Waals surface area contributed by atoms with Crippen molar-refractivity contribution in [3.63, 3.8) is 0 Å². The zero-order valence-corrected chi connectivity index (χ0v) is 22.7. The Morgan fingerprint density at radius 2 is 1.77 bits per heavy atom. The lowest BCUT2D eigenvalue weighted by Gasteiger charge is -2.35. The number of carbonyl (C=O) groups is 2. The summed E-state index contributed by atoms with van der Waals surface area (Å²) in [5, 5.41) is 5.02. The highest BCUT2D eigenvalue weighted by Crippen LogP contribution is 2.36. The summed E-state index contributed by atoms with van der Waals surface area (Å²) in [6, 6.07) is 5.56. The maximum Gasteiger partial charge on any atom is 0.260 e. The van der Waals surface area contributed by atoms with Gasteiger partial charge >= 0.3 is 0 Å². The highest BCUT2D eigenvalue weighted by atomic mass is 19.1. The predicted molar refractivity (Wildman–Crippen MR) is 145 cm³/mol. The van der Waals surface area contributed by atoms with Crippen molar-refractivity contribution >= 4 is 29.1 Å². The van der Waals surface area contributed by atoms with Crippen LogP contribution in [0.5, 0.6) is 5.75 Å². The molecule has 0 saturated carbocycles. The van der Waals surface area contributed by atoms with Gasteiger partial charge in [-0.15, -0.1) is 0 Å². The number of ether oxygens (including phenoxy) is 1. The molecule has 0 N–H and O–H groups in total. The standard InChI is InChI=1S/C28H34FN7O3/c1-18-26(34-10-6-11-34)30-24-16-21-22-7-4-5-12-35(22)28(38)20-15-19(29)8-9-23(20)39-17-25(37)32(2)13-14-33(3)27(18)36(24)31-21/h8-9,15-16,22H,4-7,10-14,17H2,1-3H3. The predicted octanol–water partition coefficient (Wildman–Crippen LogP) is 3.04. The minimum atomic E-state index is -0.532. The molecule has 1 atom stereocenters. The molecule has 1 unspecified atom stereocenters. The van der Waals surface area contributed by atoms with Crippen molar-refractivity contribution in [2.45, 2.75) is 38.6 Å². The number of aromatic nitrogens is 3. The van der Waals surface area contributed by atoms with Gasteiger partial charge in [-0.2, -0.15) is 9.61 Å². The molecule has 1 aromatic carbocycles. The summed E-state index contributed by atoms with van der Waals surface area (Å²) in [7, 11) is 3.73. The first-order valence-corrected chi connectivity index (χ1v) is 13.7. The van der Waals surface area contributed by atoms with Crippen LogP contribution in [0.3, 0.4) is 0 Å². The van der Waals surface area contributed by atoms with Crippen LogP contribution in [0, 0.1) is 12.7 Å². The first-order valence-electron chi connectivity index (χ1n) is 13.7. The number of hydrogen-bond acceptors (Lipinski definition) is 7. The average molecular weight is 536 g/mol. The molecular formula is C28H34FN7O3. The first-order chi connectivity index (χ1) is 18.8. The molecule has 5 heterocycles. The fourth-order valence-corrected chi connectivity index (χ4v) is 5.73. The van der Waals surface area contributed by atoms with Gasteiger partial charge in [0.15, 0.2) is 12.3 Å². The monoisotopic (exact) mass is 535 g/mol. The molecule has 2 fully saturated rings. The lowest BCUT2D eigenvalue weighted by atomic mass is 9.98. The second-order valence-corrected chi connectivity index (χ2v) is 10.7. The number of hydrogen-bond donors (Lipinski definition) is 0. The lowest BCUT2D eigenvalue weighted by Crippen LogP contribution is -2.40. The molecule has 2 amide bonds. The Morgan fingerprint density at radius 1 is 0.974 bits per heavy atom. The van der Waals surface area contributed by atoms with Crippen molar-refractivity contribution < 1.29 is 18.7 Å². The molecule has 3 aliphatic rings. The smallest absolute Gasteiger partial charge is 0.260 e. The molecule has 3 aromatic rings. The maximum absolute atomic E-state index is 14.3. The van der Waals surface area contributed by atoms with Crippen molar-refractivity contribution in [1.29, 1.82) is 0 Å². The van der Waals surface area contributed by atoms with E-state index in [1.807, 2.05) is 17.6 Å². The number of likely N-dealkylation sites (N-methyl/N-ethyl adjacent to an activating group) is 2. The zero-order valence-electron chi connectivity index (χ0n) is 22.7. The molecule has 39 heavy (non-hydrogen) atoms. The third kappa shape index (κ3) is 4.53. The van der Waals surface area contributed by atoms with E-state index in [2.05, 4.69) is 16.7 Å². The van der Waals surface area contributed by atoms with E-state index in [1.54, 1.807) is 16.8 Å². The highest BCUT2D eigenvalue weighted by molar-refractivity contribution is 5.97. The topological polar surface area (TPSA) is 86.5 Å². The Balaban J connectivity index is 1.51. The molecule has 2 bridgehead atoms. The van der Waals surface area contributed by atoms with Gasteiger partial charge in [-0.1, -0.05) is 0 Å². The number of fused-ring (bicyclic) bond motifs is 4. The number of anilines is 2. The van der Waals surface area contributed by atoms with Gasteiger partial charge in [0, 0.05) is 58.4 Å². The Hall–Kier alpha value is -3.89. The number of benzene rings is 1. The minimum Gasteiger partial charge on any atom is -0.483 e. The van der Waals surface area contributed by atoms with Crippen LogP contribution in [0.25, 0.3) is 5.65 Å². The largest absolute Gasteiger partial charge is 0.483 e. The van der Waals surface area contributed by atoms with Gasteiger partial charge in [0.05, 0.1) is 17.3 Å². The SMILES string of the molecule is Cc1c(N2CCC2)nc2cc3nn2c1N(C)CCN(C)C(=O)COc1ccc(F)cc1C(=O)N1CCCCC31. The van der Waals surface area contributed by atoms with Gasteiger partial charge in [-0.25, -0.2) is 9.37 Å². The van der Waals surface area contributed by atoms with Gasteiger partial charge in [0.25, 0.3) is 11.8 Å². The molecule has 11 heteroatoms. The minimum absolute atomic E-state index is 0.114. The molecule has 10 nitrogen and oxygen atoms in total. The maximum atomic E-state index is 14.3. The Kier molecular flexibility index (Phi) is 6.52. The Bertz CT molecular complexity index is 1440. The number of halogens is 1. The van der Waals surface area contributed by atoms with Crippen LogP contribution < -0.4 is 14.5 Å². The molecule has 0 radical (unpaired) electrons. The van der Waals surface area contributed by atoms with Gasteiger partial charge < -0.3 is 24.3 Å². The van der Waals surface area contributed by atoms with Crippen LogP contribution in [-0.2, 0) is 4.79 Å². The molecule has 206 valence electrons. The van der Waals surface area contributed by atoms with Gasteiger partial charge in [-0.3, -0.25) is 9.59 Å². The summed E-state index contributed by atoms with van der Waals surface area (Å²) in [5.74, 6) is 0.966. The zero-order chi connectivity index (χ0) is 27.3. The highest BCUT2D eigenvalue weighted by Gasteiger charge is 2.34. The molecule has 2 aromatic heterocycles. The van der Waals surface area contributed by atoms with E-state index in [0.29, 0.717) is 19.6 Å². The second-order valence-electron chi connectivity index (χ2n) is 10.7. The van der Waals surface area contributed by atoms with Crippen LogP contribution in [0.4, 0.5) is 16.0 Å². The summed E-state index contributed by atoms with van der Waals surface area (Å²) >= 11 is 0. The van der Waals surface area contributed by atoms with Gasteiger partial charge in [0.1, 0.15) is 23.2 Å². The lowest BCUT2D eigenvalue weighted by molar-refractivity contribution is -0.131. The third-order valence-corrected chi connectivity index (χ3v) is 8.14. The fraction of sp³-hybridized carbons (Fsp3) is 0.500. The summed E-state index contributed by atoms with van der Waals surface area (Å²) in [6.45, 7) is 5.31. The number of amides is 2. The normalized spacial score (nSPS) is 20.7. The molecule has 0 spiro atoms. The van der Waals surface area contributed by atoms with Gasteiger partial charge in [0.2, 0.25) is 0 Å². The van der Waals surface area contributed by atoms with Crippen molar-refractivity contribution in [2.24, 2.45) is 0 Å². The van der Waals surface area contributed by atoms with Crippen molar-refractivity contribution in [1.82, 2.24) is 24.4 Å². The average Bonchev–Trinajstić information content (AvgIpc) is 3.32. The Labute approximate surface area is 226 Å². The van der Waals surface area contributed by atoms with E-state index < -0.39 is 5.82 Å². The van der Waals surface area contributed by atoms with Crippen LogP contribution >= 0.6 is 0 Å². The fourth-order valence-electron chi connectivity index (χ4n) is 5.73. The van der Waals surface area contributed by atoms with Crippen molar-refractivity contribution in [2.75, 3.05) is 63.2 Å². The van der Waals surface area contributed by atoms with Crippen LogP contribution in [0.1, 0.15) is 53.3 Å². The second kappa shape index (κ2) is 10.0. The van der Waals surface area contributed by atoms with Crippen LogP contribution in [0.15, 0.2) is 24.3 Å². The van der Waals surface area contributed by atoms with E-state index in [4.69, 9.17) is 14.8 Å². The number of carbonyl (C=O) groups excluding carboxylic acids is 2.